The number of hydrogen-bond donors (Lipinski definition) is 0. The largest absolute Gasteiger partial charge is 0.379 e. The van der Waals surface area contributed by atoms with Crippen molar-refractivity contribution in [2.24, 2.45) is 0 Å². The summed E-state index contributed by atoms with van der Waals surface area (Å²) in [6, 6.07) is 7.43. The highest BCUT2D eigenvalue weighted by Crippen LogP contribution is 2.12. The fourth-order valence-corrected chi connectivity index (χ4v) is 0.699. The zero-order valence-electron chi connectivity index (χ0n) is 5.55. The molecule has 3 heteroatoms. The number of rotatable bonds is 2. The molecule has 1 aromatic rings. The molecule has 1 aromatic carbocycles. The Balaban J connectivity index is 2.86. The van der Waals surface area contributed by atoms with Gasteiger partial charge in [-0.1, -0.05) is 30.3 Å². The van der Waals surface area contributed by atoms with Crippen molar-refractivity contribution >= 4 is 5.78 Å². The first kappa shape index (κ1) is 7.85. The normalized spacial score (nSPS) is 10.1. The van der Waals surface area contributed by atoms with Gasteiger partial charge in [-0.15, -0.1) is 0 Å². The van der Waals surface area contributed by atoms with Gasteiger partial charge in [-0.2, -0.15) is 8.78 Å². The highest BCUT2D eigenvalue weighted by atomic mass is 19.3. The van der Waals surface area contributed by atoms with Gasteiger partial charge in [0.15, 0.2) is 0 Å². The van der Waals surface area contributed by atoms with Gasteiger partial charge in [0.25, 0.3) is 0 Å². The second-order valence-electron chi connectivity index (χ2n) is 1.96. The third-order valence-electron chi connectivity index (χ3n) is 1.21. The minimum atomic E-state index is -2.17. The highest BCUT2D eigenvalue weighted by molar-refractivity contribution is 6.03. The Morgan fingerprint density at radius 1 is 1.09 bits per heavy atom. The zero-order chi connectivity index (χ0) is 8.27. The Bertz CT molecular complexity index is 244. The molecule has 1 nitrogen and oxygen atoms in total. The van der Waals surface area contributed by atoms with Gasteiger partial charge in [0.05, 0.1) is 0 Å². The molecule has 0 aliphatic rings. The van der Waals surface area contributed by atoms with Crippen LogP contribution in [0.2, 0.25) is 0 Å². The predicted octanol–water partition coefficient (Wildman–Crippen LogP) is 2.30. The van der Waals surface area contributed by atoms with E-state index in [0.717, 1.165) is 0 Å². The standard InChI is InChI=1S/C8H5F2O/c9-8(10)7(11)6-4-2-1-3-5-6/h1-5H. The van der Waals surface area contributed by atoms with Gasteiger partial charge < -0.3 is 0 Å². The van der Waals surface area contributed by atoms with E-state index in [1.807, 2.05) is 0 Å². The molecule has 0 spiro atoms. The van der Waals surface area contributed by atoms with Crippen molar-refractivity contribution in [1.29, 1.82) is 0 Å². The average molecular weight is 155 g/mol. The lowest BCUT2D eigenvalue weighted by Crippen LogP contribution is -2.02. The summed E-state index contributed by atoms with van der Waals surface area (Å²) in [7, 11) is 0. The molecule has 0 saturated carbocycles. The Morgan fingerprint density at radius 2 is 1.64 bits per heavy atom. The molecule has 0 aromatic heterocycles. The Kier molecular flexibility index (Phi) is 2.31. The summed E-state index contributed by atoms with van der Waals surface area (Å²) in [4.78, 5) is 10.6. The van der Waals surface area contributed by atoms with Crippen molar-refractivity contribution < 1.29 is 13.6 Å². The molecule has 0 aliphatic carbocycles. The smallest absolute Gasteiger partial charge is 0.287 e. The van der Waals surface area contributed by atoms with Crippen LogP contribution in [-0.4, -0.2) is 5.78 Å². The summed E-state index contributed by atoms with van der Waals surface area (Å²) in [5.41, 5.74) is 0.0208. The first-order chi connectivity index (χ1) is 5.22. The fourth-order valence-electron chi connectivity index (χ4n) is 0.699. The van der Waals surface area contributed by atoms with E-state index in [2.05, 4.69) is 0 Å². The highest BCUT2D eigenvalue weighted by Gasteiger charge is 2.19. The Labute approximate surface area is 62.7 Å². The van der Waals surface area contributed by atoms with E-state index >= 15 is 0 Å². The number of ketones is 1. The molecule has 0 heterocycles. The maximum Gasteiger partial charge on any atom is 0.379 e. The lowest BCUT2D eigenvalue weighted by atomic mass is 10.1. The van der Waals surface area contributed by atoms with Crippen LogP contribution in [0, 0.1) is 6.43 Å². The maximum atomic E-state index is 11.7. The van der Waals surface area contributed by atoms with Crippen LogP contribution in [0.5, 0.6) is 0 Å². The number of carbonyl (C=O) groups excluding carboxylic acids is 1. The number of halogens is 2. The summed E-state index contributed by atoms with van der Waals surface area (Å²) >= 11 is 0. The lowest BCUT2D eigenvalue weighted by Gasteiger charge is -1.94. The summed E-state index contributed by atoms with van der Waals surface area (Å²) in [6.07, 6.45) is -2.17. The monoisotopic (exact) mass is 155 g/mol. The van der Waals surface area contributed by atoms with Crippen molar-refractivity contribution in [3.05, 3.63) is 42.3 Å². The van der Waals surface area contributed by atoms with Crippen LogP contribution in [0.15, 0.2) is 30.3 Å². The van der Waals surface area contributed by atoms with Gasteiger partial charge in [0.1, 0.15) is 0 Å². The SMILES string of the molecule is O=C([C](F)F)c1ccccc1. The molecule has 11 heavy (non-hydrogen) atoms. The number of carbonyl (C=O) groups is 1. The van der Waals surface area contributed by atoms with Crippen molar-refractivity contribution in [2.45, 2.75) is 0 Å². The molecule has 0 atom stereocenters. The quantitative estimate of drug-likeness (QED) is 0.599. The van der Waals surface area contributed by atoms with E-state index in [9.17, 15) is 13.6 Å². The minimum absolute atomic E-state index is 0.0208. The summed E-state index contributed by atoms with van der Waals surface area (Å²) in [5, 5.41) is 0. The van der Waals surface area contributed by atoms with Gasteiger partial charge in [-0.25, -0.2) is 0 Å². The molecule has 0 fully saturated rings. The van der Waals surface area contributed by atoms with E-state index in [0.29, 0.717) is 0 Å². The zero-order valence-corrected chi connectivity index (χ0v) is 5.55. The van der Waals surface area contributed by atoms with Crippen LogP contribution in [0.1, 0.15) is 10.4 Å². The van der Waals surface area contributed by atoms with Gasteiger partial charge in [0.2, 0.25) is 5.78 Å². The topological polar surface area (TPSA) is 17.1 Å². The van der Waals surface area contributed by atoms with Crippen LogP contribution in [0.4, 0.5) is 8.78 Å². The molecule has 1 radical (unpaired) electrons. The fraction of sp³-hybridized carbons (Fsp3) is 0. The third kappa shape index (κ3) is 1.83. The number of Topliss-reactive ketones (excluding diaryl/α,β-unsaturated/α-hetero) is 1. The second-order valence-corrected chi connectivity index (χ2v) is 1.96. The number of benzene rings is 1. The summed E-state index contributed by atoms with van der Waals surface area (Å²) < 4.78 is 23.4. The third-order valence-corrected chi connectivity index (χ3v) is 1.21. The van der Waals surface area contributed by atoms with Gasteiger partial charge in [-0.3, -0.25) is 4.79 Å². The Hall–Kier alpha value is -1.25. The summed E-state index contributed by atoms with van der Waals surface area (Å²) in [6.45, 7) is 0. The molecule has 1 rings (SSSR count). The van der Waals surface area contributed by atoms with Crippen molar-refractivity contribution in [3.8, 4) is 0 Å². The lowest BCUT2D eigenvalue weighted by molar-refractivity contribution is 0.0880. The molecule has 0 N–H and O–H groups in total. The van der Waals surface area contributed by atoms with Crippen LogP contribution in [0.3, 0.4) is 0 Å². The molecule has 0 aliphatic heterocycles. The summed E-state index contributed by atoms with van der Waals surface area (Å²) in [5.74, 6) is -1.20. The van der Waals surface area contributed by atoms with Crippen molar-refractivity contribution in [1.82, 2.24) is 0 Å². The van der Waals surface area contributed by atoms with E-state index in [4.69, 9.17) is 0 Å². The minimum Gasteiger partial charge on any atom is -0.287 e. The molecular weight excluding hydrogens is 150 g/mol. The van der Waals surface area contributed by atoms with E-state index < -0.39 is 12.2 Å². The molecule has 0 saturated heterocycles. The van der Waals surface area contributed by atoms with Crippen LogP contribution in [0.25, 0.3) is 0 Å². The van der Waals surface area contributed by atoms with E-state index in [1.165, 1.54) is 24.3 Å². The number of hydrogen-bond acceptors (Lipinski definition) is 1. The van der Waals surface area contributed by atoms with Crippen LogP contribution >= 0.6 is 0 Å². The molecule has 57 valence electrons. The second kappa shape index (κ2) is 3.23. The van der Waals surface area contributed by atoms with E-state index in [-0.39, 0.29) is 5.56 Å². The van der Waals surface area contributed by atoms with Crippen LogP contribution < -0.4 is 0 Å². The van der Waals surface area contributed by atoms with Crippen molar-refractivity contribution in [3.63, 3.8) is 0 Å². The maximum absolute atomic E-state index is 11.7. The molecule has 0 bridgehead atoms. The van der Waals surface area contributed by atoms with E-state index in [1.54, 1.807) is 6.07 Å². The molecular formula is C8H5F2O. The first-order valence-corrected chi connectivity index (χ1v) is 2.99. The Morgan fingerprint density at radius 3 is 2.09 bits per heavy atom. The molecule has 0 unspecified atom stereocenters. The van der Waals surface area contributed by atoms with Gasteiger partial charge in [0, 0.05) is 5.56 Å². The van der Waals surface area contributed by atoms with Crippen LogP contribution in [-0.2, 0) is 0 Å². The molecule has 0 amide bonds. The first-order valence-electron chi connectivity index (χ1n) is 2.99. The average Bonchev–Trinajstić information content (AvgIpc) is 2.05. The predicted molar refractivity (Wildman–Crippen MR) is 36.2 cm³/mol. The van der Waals surface area contributed by atoms with Gasteiger partial charge in [-0.05, 0) is 0 Å². The van der Waals surface area contributed by atoms with Crippen molar-refractivity contribution in [2.75, 3.05) is 0 Å². The van der Waals surface area contributed by atoms with Gasteiger partial charge >= 0.3 is 6.43 Å².